The highest BCUT2D eigenvalue weighted by molar-refractivity contribution is 5.94. The van der Waals surface area contributed by atoms with Gasteiger partial charge in [-0.15, -0.1) is 10.2 Å². The Kier molecular flexibility index (Phi) is 6.73. The third kappa shape index (κ3) is 5.16. The summed E-state index contributed by atoms with van der Waals surface area (Å²) in [5, 5.41) is 30.1. The number of amides is 1. The number of benzene rings is 3. The largest absolute Gasteiger partial charge is 0.507 e. The number of nitrogens with one attached hydrogen (secondary N) is 2. The maximum atomic E-state index is 15.5. The average Bonchev–Trinajstić information content (AvgIpc) is 3.57. The van der Waals surface area contributed by atoms with Crippen molar-refractivity contribution in [1.29, 1.82) is 0 Å². The summed E-state index contributed by atoms with van der Waals surface area (Å²) in [5.41, 5.74) is 2.45. The van der Waals surface area contributed by atoms with Gasteiger partial charge in [0.05, 0.1) is 35.7 Å². The fraction of sp³-hybridized carbons (Fsp3) is 0.267. The van der Waals surface area contributed by atoms with Crippen molar-refractivity contribution in [2.24, 2.45) is 0 Å². The minimum Gasteiger partial charge on any atom is -0.507 e. The first-order valence-electron chi connectivity index (χ1n) is 13.9. The number of ether oxygens (including phenoxy) is 1. The summed E-state index contributed by atoms with van der Waals surface area (Å²) in [4.78, 5) is 15.1. The van der Waals surface area contributed by atoms with Crippen LogP contribution in [0.15, 0.2) is 48.5 Å². The lowest BCUT2D eigenvalue weighted by Gasteiger charge is -2.29. The molecule has 0 atom stereocenters. The summed E-state index contributed by atoms with van der Waals surface area (Å²) in [7, 11) is 0. The number of nitrogens with zero attached hydrogens (tertiary/aromatic N) is 5. The van der Waals surface area contributed by atoms with Gasteiger partial charge < -0.3 is 20.1 Å². The Morgan fingerprint density at radius 1 is 1.00 bits per heavy atom. The van der Waals surface area contributed by atoms with Crippen LogP contribution in [-0.2, 0) is 11.2 Å². The average molecular weight is 590 g/mol. The van der Waals surface area contributed by atoms with Crippen molar-refractivity contribution < 1.29 is 27.8 Å². The number of phenols is 1. The van der Waals surface area contributed by atoms with Crippen molar-refractivity contribution in [3.8, 4) is 22.8 Å². The number of halogens is 3. The van der Waals surface area contributed by atoms with Crippen LogP contribution in [0.3, 0.4) is 0 Å². The Bertz CT molecular complexity index is 1860. The molecular formula is C30H26F3N7O3. The van der Waals surface area contributed by atoms with E-state index in [1.54, 1.807) is 18.2 Å². The van der Waals surface area contributed by atoms with E-state index in [9.17, 15) is 18.7 Å². The molecule has 1 saturated heterocycles. The molecule has 7 rings (SSSR count). The molecular weight excluding hydrogens is 563 g/mol. The van der Waals surface area contributed by atoms with Gasteiger partial charge in [-0.1, -0.05) is 6.07 Å². The van der Waals surface area contributed by atoms with Crippen molar-refractivity contribution in [3.05, 3.63) is 83.1 Å². The standard InChI is InChI=1S/C30H26F3N7O3/c31-21-5-1-16(11-22(21)32)12-24-19-14-20(27(41)15-25(19)36-35-24)28-37-38-29(30(42)34-17-2-3-17)40(28)18-4-6-26(23(33)13-18)39-7-9-43-10-8-39/h1,4-6,11,13-15,17,41H,2-3,7-10,12H2,(H,34,42)(H,35,36). The zero-order chi connectivity index (χ0) is 29.7. The van der Waals surface area contributed by atoms with Gasteiger partial charge in [-0.25, -0.2) is 13.2 Å². The fourth-order valence-electron chi connectivity index (χ4n) is 5.29. The maximum Gasteiger partial charge on any atom is 0.289 e. The zero-order valence-corrected chi connectivity index (χ0v) is 22.8. The number of carbonyl (C=O) groups is 1. The summed E-state index contributed by atoms with van der Waals surface area (Å²) in [6.07, 6.45) is 1.91. The molecule has 13 heteroatoms. The molecule has 3 N–H and O–H groups in total. The Morgan fingerprint density at radius 2 is 1.81 bits per heavy atom. The predicted octanol–water partition coefficient (Wildman–Crippen LogP) is 4.25. The van der Waals surface area contributed by atoms with Crippen LogP contribution in [0.25, 0.3) is 28.0 Å². The molecule has 3 aromatic carbocycles. The first-order valence-corrected chi connectivity index (χ1v) is 13.9. The van der Waals surface area contributed by atoms with Crippen molar-refractivity contribution in [2.45, 2.75) is 25.3 Å². The molecule has 5 aromatic rings. The molecule has 0 radical (unpaired) electrons. The number of hydrogen-bond acceptors (Lipinski definition) is 7. The number of H-pyrrole nitrogens is 1. The lowest BCUT2D eigenvalue weighted by molar-refractivity contribution is 0.0938. The quantitative estimate of drug-likeness (QED) is 0.260. The second-order valence-electron chi connectivity index (χ2n) is 10.7. The molecule has 43 heavy (non-hydrogen) atoms. The van der Waals surface area contributed by atoms with Gasteiger partial charge in [0, 0.05) is 48.8 Å². The molecule has 1 aliphatic heterocycles. The van der Waals surface area contributed by atoms with Crippen molar-refractivity contribution >= 4 is 22.5 Å². The second-order valence-corrected chi connectivity index (χ2v) is 10.7. The highest BCUT2D eigenvalue weighted by Gasteiger charge is 2.29. The fourth-order valence-corrected chi connectivity index (χ4v) is 5.29. The number of fused-ring (bicyclic) bond motifs is 1. The first kappa shape index (κ1) is 27.0. The van der Waals surface area contributed by atoms with Crippen LogP contribution < -0.4 is 10.2 Å². The number of aromatic hydroxyl groups is 1. The van der Waals surface area contributed by atoms with Gasteiger partial charge in [-0.05, 0) is 48.7 Å². The Labute approximate surface area is 243 Å². The molecule has 2 fully saturated rings. The number of morpholine rings is 1. The summed E-state index contributed by atoms with van der Waals surface area (Å²) in [5.74, 6) is -3.00. The van der Waals surface area contributed by atoms with Gasteiger partial charge >= 0.3 is 0 Å². The van der Waals surface area contributed by atoms with Crippen molar-refractivity contribution in [1.82, 2.24) is 30.3 Å². The molecule has 2 aromatic heterocycles. The minimum absolute atomic E-state index is 0.0380. The summed E-state index contributed by atoms with van der Waals surface area (Å²) < 4.78 is 49.6. The van der Waals surface area contributed by atoms with Crippen LogP contribution in [0.2, 0.25) is 0 Å². The second kappa shape index (κ2) is 10.7. The monoisotopic (exact) mass is 589 g/mol. The van der Waals surface area contributed by atoms with E-state index in [4.69, 9.17) is 4.74 Å². The Hall–Kier alpha value is -4.91. The molecule has 1 saturated carbocycles. The van der Waals surface area contributed by atoms with Crippen LogP contribution in [0.4, 0.5) is 18.9 Å². The van der Waals surface area contributed by atoms with Crippen molar-refractivity contribution in [2.75, 3.05) is 31.2 Å². The minimum atomic E-state index is -0.961. The molecule has 3 heterocycles. The van der Waals surface area contributed by atoms with E-state index in [1.807, 2.05) is 4.90 Å². The van der Waals surface area contributed by atoms with Crippen LogP contribution in [0.1, 0.15) is 34.7 Å². The van der Waals surface area contributed by atoms with Gasteiger partial charge in [0.15, 0.2) is 17.5 Å². The third-order valence-corrected chi connectivity index (χ3v) is 7.68. The smallest absolute Gasteiger partial charge is 0.289 e. The molecule has 0 bridgehead atoms. The summed E-state index contributed by atoms with van der Waals surface area (Å²) in [6.45, 7) is 2.09. The zero-order valence-electron chi connectivity index (χ0n) is 22.8. The van der Waals surface area contributed by atoms with E-state index in [-0.39, 0.29) is 35.4 Å². The molecule has 0 spiro atoms. The molecule has 10 nitrogen and oxygen atoms in total. The molecule has 1 aliphatic carbocycles. The van der Waals surface area contributed by atoms with Crippen molar-refractivity contribution in [3.63, 3.8) is 0 Å². The van der Waals surface area contributed by atoms with Gasteiger partial charge in [0.2, 0.25) is 5.82 Å². The summed E-state index contributed by atoms with van der Waals surface area (Å²) >= 11 is 0. The van der Waals surface area contributed by atoms with Gasteiger partial charge in [0.25, 0.3) is 5.91 Å². The topological polar surface area (TPSA) is 121 Å². The Morgan fingerprint density at radius 3 is 2.56 bits per heavy atom. The normalized spacial score (nSPS) is 15.3. The van der Waals surface area contributed by atoms with Crippen LogP contribution in [0.5, 0.6) is 5.75 Å². The van der Waals surface area contributed by atoms with E-state index in [1.165, 1.54) is 22.8 Å². The molecule has 1 amide bonds. The van der Waals surface area contributed by atoms with E-state index < -0.39 is 23.4 Å². The predicted molar refractivity (Wildman–Crippen MR) is 151 cm³/mol. The van der Waals surface area contributed by atoms with E-state index in [2.05, 4.69) is 25.7 Å². The van der Waals surface area contributed by atoms with Crippen LogP contribution >= 0.6 is 0 Å². The number of aromatic amines is 1. The number of phenolic OH excluding ortho intramolecular Hbond substituents is 1. The lowest BCUT2D eigenvalue weighted by Crippen LogP contribution is -2.36. The number of hydrogen-bond donors (Lipinski definition) is 3. The molecule has 220 valence electrons. The van der Waals surface area contributed by atoms with Gasteiger partial charge in [-0.3, -0.25) is 14.5 Å². The van der Waals surface area contributed by atoms with Gasteiger partial charge in [-0.2, -0.15) is 5.10 Å². The van der Waals surface area contributed by atoms with Gasteiger partial charge in [0.1, 0.15) is 11.6 Å². The van der Waals surface area contributed by atoms with Crippen LogP contribution in [0, 0.1) is 17.5 Å². The first-order chi connectivity index (χ1) is 20.9. The highest BCUT2D eigenvalue weighted by Crippen LogP contribution is 2.36. The number of anilines is 1. The van der Waals surface area contributed by atoms with Crippen LogP contribution in [-0.4, -0.2) is 68.3 Å². The number of aromatic nitrogens is 5. The molecule has 2 aliphatic rings. The van der Waals surface area contributed by atoms with E-state index >= 15 is 4.39 Å². The molecule has 0 unspecified atom stereocenters. The SMILES string of the molecule is O=C(NC1CC1)c1nnc(-c2cc3c(Cc4ccc(F)c(F)c4)[nH]nc3cc2O)n1-c1ccc(N2CCOCC2)c(F)c1. The summed E-state index contributed by atoms with van der Waals surface area (Å²) in [6, 6.07) is 11.4. The number of rotatable bonds is 7. The third-order valence-electron chi connectivity index (χ3n) is 7.68. The Balaban J connectivity index is 1.32. The highest BCUT2D eigenvalue weighted by atomic mass is 19.2. The maximum absolute atomic E-state index is 15.5. The lowest BCUT2D eigenvalue weighted by atomic mass is 10.0. The van der Waals surface area contributed by atoms with E-state index in [0.29, 0.717) is 59.8 Å². The van der Waals surface area contributed by atoms with E-state index in [0.717, 1.165) is 25.0 Å². The number of carbonyl (C=O) groups excluding carboxylic acids is 1.